The number of nitrogens with zero attached hydrogens (tertiary/aromatic N) is 2. The van der Waals surface area contributed by atoms with Gasteiger partial charge < -0.3 is 19.3 Å². The van der Waals surface area contributed by atoms with Crippen LogP contribution in [0.1, 0.15) is 16.0 Å². The summed E-state index contributed by atoms with van der Waals surface area (Å²) in [5.74, 6) is 1.60. The zero-order chi connectivity index (χ0) is 19.2. The molecule has 146 valence electrons. The molecule has 6 heteroatoms. The standard InChI is InChI=1S/C21H28N2O3S/c1-22(8-7-18-5-4-12-27-18)10-11-23-9-6-16-13-19(25-2)20(26-3)14-17(16)15-21(23)24/h4-5,12-14H,6-11,15H2,1-3H3. The van der Waals surface area contributed by atoms with Gasteiger partial charge in [-0.3, -0.25) is 4.79 Å². The molecule has 0 unspecified atom stereocenters. The van der Waals surface area contributed by atoms with Crippen LogP contribution in [0.5, 0.6) is 11.5 Å². The van der Waals surface area contributed by atoms with E-state index in [9.17, 15) is 4.79 Å². The van der Waals surface area contributed by atoms with Crippen molar-refractivity contribution in [3.63, 3.8) is 0 Å². The lowest BCUT2D eigenvalue weighted by molar-refractivity contribution is -0.130. The summed E-state index contributed by atoms with van der Waals surface area (Å²) in [6.45, 7) is 3.42. The summed E-state index contributed by atoms with van der Waals surface area (Å²) in [4.78, 5) is 18.4. The molecule has 1 aliphatic heterocycles. The van der Waals surface area contributed by atoms with Crippen LogP contribution in [0.25, 0.3) is 0 Å². The van der Waals surface area contributed by atoms with Gasteiger partial charge in [-0.15, -0.1) is 11.3 Å². The molecule has 3 rings (SSSR count). The number of amides is 1. The number of carbonyl (C=O) groups is 1. The number of hydrogen-bond acceptors (Lipinski definition) is 5. The Morgan fingerprint density at radius 3 is 2.56 bits per heavy atom. The minimum absolute atomic E-state index is 0.188. The van der Waals surface area contributed by atoms with Crippen LogP contribution >= 0.6 is 11.3 Å². The molecule has 0 spiro atoms. The summed E-state index contributed by atoms with van der Waals surface area (Å²) < 4.78 is 10.8. The zero-order valence-corrected chi connectivity index (χ0v) is 17.2. The molecule has 0 saturated heterocycles. The van der Waals surface area contributed by atoms with Gasteiger partial charge in [0, 0.05) is 31.1 Å². The maximum absolute atomic E-state index is 12.7. The van der Waals surface area contributed by atoms with Gasteiger partial charge in [-0.25, -0.2) is 0 Å². The van der Waals surface area contributed by atoms with E-state index in [2.05, 4.69) is 29.5 Å². The van der Waals surface area contributed by atoms with E-state index in [4.69, 9.17) is 9.47 Å². The molecule has 2 aromatic rings. The summed E-state index contributed by atoms with van der Waals surface area (Å²) in [6, 6.07) is 8.23. The third kappa shape index (κ3) is 5.02. The van der Waals surface area contributed by atoms with Crippen molar-refractivity contribution in [3.05, 3.63) is 45.6 Å². The molecule has 0 atom stereocenters. The van der Waals surface area contributed by atoms with Crippen LogP contribution in [0.2, 0.25) is 0 Å². The molecule has 0 N–H and O–H groups in total. The molecule has 5 nitrogen and oxygen atoms in total. The summed E-state index contributed by atoms with van der Waals surface area (Å²) in [5.41, 5.74) is 2.22. The summed E-state index contributed by atoms with van der Waals surface area (Å²) in [6.07, 6.45) is 2.34. The maximum Gasteiger partial charge on any atom is 0.227 e. The average molecular weight is 389 g/mol. The van der Waals surface area contributed by atoms with Crippen LogP contribution in [-0.4, -0.2) is 63.2 Å². The van der Waals surface area contributed by atoms with Crippen molar-refractivity contribution in [3.8, 4) is 11.5 Å². The monoisotopic (exact) mass is 388 g/mol. The molecule has 0 aliphatic carbocycles. The highest BCUT2D eigenvalue weighted by atomic mass is 32.1. The highest BCUT2D eigenvalue weighted by Gasteiger charge is 2.22. The molecular weight excluding hydrogens is 360 g/mol. The van der Waals surface area contributed by atoms with E-state index in [1.165, 1.54) is 10.4 Å². The van der Waals surface area contributed by atoms with E-state index in [1.54, 1.807) is 25.6 Å². The maximum atomic E-state index is 12.7. The molecule has 1 aromatic carbocycles. The van der Waals surface area contributed by atoms with Gasteiger partial charge in [0.1, 0.15) is 0 Å². The van der Waals surface area contributed by atoms with Gasteiger partial charge in [0.05, 0.1) is 20.6 Å². The largest absolute Gasteiger partial charge is 0.493 e. The van der Waals surface area contributed by atoms with Gasteiger partial charge in [-0.05, 0) is 54.6 Å². The fourth-order valence-corrected chi connectivity index (χ4v) is 4.11. The van der Waals surface area contributed by atoms with Gasteiger partial charge in [-0.2, -0.15) is 0 Å². The minimum Gasteiger partial charge on any atom is -0.493 e. The first-order valence-corrected chi connectivity index (χ1v) is 10.2. The van der Waals surface area contributed by atoms with Gasteiger partial charge in [0.25, 0.3) is 0 Å². The van der Waals surface area contributed by atoms with Crippen LogP contribution in [0.3, 0.4) is 0 Å². The lowest BCUT2D eigenvalue weighted by atomic mass is 10.0. The first-order chi connectivity index (χ1) is 13.1. The summed E-state index contributed by atoms with van der Waals surface area (Å²) >= 11 is 1.80. The van der Waals surface area contributed by atoms with E-state index >= 15 is 0 Å². The zero-order valence-electron chi connectivity index (χ0n) is 16.4. The average Bonchev–Trinajstić information content (AvgIpc) is 3.14. The molecule has 0 fully saturated rings. The Balaban J connectivity index is 1.56. The highest BCUT2D eigenvalue weighted by molar-refractivity contribution is 7.09. The number of hydrogen-bond donors (Lipinski definition) is 0. The van der Waals surface area contributed by atoms with Gasteiger partial charge in [0.2, 0.25) is 5.91 Å². The molecular formula is C21H28N2O3S. The Bertz CT molecular complexity index is 761. The number of rotatable bonds is 8. The number of benzene rings is 1. The second kappa shape index (κ2) is 9.24. The Morgan fingerprint density at radius 1 is 1.15 bits per heavy atom. The van der Waals surface area contributed by atoms with E-state index < -0.39 is 0 Å². The second-order valence-electron chi connectivity index (χ2n) is 6.92. The van der Waals surface area contributed by atoms with E-state index in [0.29, 0.717) is 12.2 Å². The molecule has 0 saturated carbocycles. The number of carbonyl (C=O) groups excluding carboxylic acids is 1. The first kappa shape index (κ1) is 19.7. The molecule has 2 heterocycles. The number of fused-ring (bicyclic) bond motifs is 1. The lowest BCUT2D eigenvalue weighted by Gasteiger charge is -2.24. The van der Waals surface area contributed by atoms with Crippen LogP contribution in [0, 0.1) is 0 Å². The smallest absolute Gasteiger partial charge is 0.227 e. The normalized spacial score (nSPS) is 14.2. The second-order valence-corrected chi connectivity index (χ2v) is 7.95. The fraction of sp³-hybridized carbons (Fsp3) is 0.476. The molecule has 1 aromatic heterocycles. The van der Waals surface area contributed by atoms with Crippen LogP contribution in [0.15, 0.2) is 29.6 Å². The van der Waals surface area contributed by atoms with Crippen LogP contribution in [0.4, 0.5) is 0 Å². The first-order valence-electron chi connectivity index (χ1n) is 9.33. The third-order valence-corrected chi connectivity index (χ3v) is 6.06. The molecule has 1 amide bonds. The Morgan fingerprint density at radius 2 is 1.89 bits per heavy atom. The van der Waals surface area contributed by atoms with Crippen molar-refractivity contribution in [2.75, 3.05) is 47.4 Å². The minimum atomic E-state index is 0.188. The molecule has 1 aliphatic rings. The SMILES string of the molecule is COc1cc2c(cc1OC)CC(=O)N(CCN(C)CCc1cccs1)CC2. The summed E-state index contributed by atoms with van der Waals surface area (Å²) in [7, 11) is 5.39. The molecule has 27 heavy (non-hydrogen) atoms. The third-order valence-electron chi connectivity index (χ3n) is 5.12. The number of methoxy groups -OCH3 is 2. The van der Waals surface area contributed by atoms with Crippen molar-refractivity contribution in [1.29, 1.82) is 0 Å². The molecule has 0 bridgehead atoms. The predicted molar refractivity (Wildman–Crippen MR) is 109 cm³/mol. The Labute approximate surface area is 165 Å². The lowest BCUT2D eigenvalue weighted by Crippen LogP contribution is -2.38. The Hall–Kier alpha value is -2.05. The van der Waals surface area contributed by atoms with Gasteiger partial charge >= 0.3 is 0 Å². The van der Waals surface area contributed by atoms with Crippen molar-refractivity contribution in [2.24, 2.45) is 0 Å². The summed E-state index contributed by atoms with van der Waals surface area (Å²) in [5, 5.41) is 2.12. The number of ether oxygens (including phenoxy) is 2. The number of thiophene rings is 1. The van der Waals surface area contributed by atoms with Crippen molar-refractivity contribution in [2.45, 2.75) is 19.3 Å². The van der Waals surface area contributed by atoms with Crippen LogP contribution < -0.4 is 9.47 Å². The van der Waals surface area contributed by atoms with Crippen molar-refractivity contribution in [1.82, 2.24) is 9.80 Å². The highest BCUT2D eigenvalue weighted by Crippen LogP contribution is 2.32. The fourth-order valence-electron chi connectivity index (χ4n) is 3.41. The quantitative estimate of drug-likeness (QED) is 0.697. The van der Waals surface area contributed by atoms with E-state index in [1.807, 2.05) is 17.0 Å². The van der Waals surface area contributed by atoms with Gasteiger partial charge in [0.15, 0.2) is 11.5 Å². The van der Waals surface area contributed by atoms with Crippen molar-refractivity contribution < 1.29 is 14.3 Å². The van der Waals surface area contributed by atoms with E-state index in [-0.39, 0.29) is 5.91 Å². The van der Waals surface area contributed by atoms with Crippen LogP contribution in [-0.2, 0) is 24.1 Å². The van der Waals surface area contributed by atoms with Crippen molar-refractivity contribution >= 4 is 17.2 Å². The topological polar surface area (TPSA) is 42.0 Å². The molecule has 0 radical (unpaired) electrons. The number of likely N-dealkylation sites (N-methyl/N-ethyl adjacent to an activating group) is 1. The van der Waals surface area contributed by atoms with E-state index in [0.717, 1.165) is 50.3 Å². The van der Waals surface area contributed by atoms with Gasteiger partial charge in [-0.1, -0.05) is 6.07 Å². The predicted octanol–water partition coefficient (Wildman–Crippen LogP) is 2.87. The Kier molecular flexibility index (Phi) is 6.74.